The molecule has 0 bridgehead atoms. The van der Waals surface area contributed by atoms with E-state index in [1.165, 1.54) is 51.5 Å². The summed E-state index contributed by atoms with van der Waals surface area (Å²) < 4.78 is 0. The quantitative estimate of drug-likeness (QED) is 0.775. The number of nitrogens with zero attached hydrogens (tertiary/aromatic N) is 1. The molecule has 0 aromatic carbocycles. The number of hydrogen-bond donors (Lipinski definition) is 1. The number of piperidine rings is 1. The molecule has 15 heavy (non-hydrogen) atoms. The minimum Gasteiger partial charge on any atom is -0.329 e. The smallest absolute Gasteiger partial charge is 0.0221 e. The Bertz CT molecular complexity index is 187. The first-order valence-corrected chi connectivity index (χ1v) is 6.78. The fourth-order valence-corrected chi connectivity index (χ4v) is 3.52. The van der Waals surface area contributed by atoms with Crippen molar-refractivity contribution in [1.82, 2.24) is 4.90 Å². The Balaban J connectivity index is 1.93. The van der Waals surface area contributed by atoms with Crippen molar-refractivity contribution in [1.29, 1.82) is 0 Å². The van der Waals surface area contributed by atoms with E-state index >= 15 is 0 Å². The van der Waals surface area contributed by atoms with Crippen LogP contribution in [-0.2, 0) is 0 Å². The SMILES string of the molecule is CC(C1CCCC1)N1CCCCC1CN. The molecule has 1 aliphatic heterocycles. The highest BCUT2D eigenvalue weighted by Crippen LogP contribution is 2.32. The fourth-order valence-electron chi connectivity index (χ4n) is 3.52. The van der Waals surface area contributed by atoms with Crippen molar-refractivity contribution in [2.24, 2.45) is 11.7 Å². The monoisotopic (exact) mass is 210 g/mol. The molecule has 0 aromatic heterocycles. The van der Waals surface area contributed by atoms with Crippen LogP contribution in [0.2, 0.25) is 0 Å². The minimum atomic E-state index is 0.675. The van der Waals surface area contributed by atoms with E-state index in [0.717, 1.165) is 18.5 Å². The lowest BCUT2D eigenvalue weighted by molar-refractivity contribution is 0.0757. The van der Waals surface area contributed by atoms with Gasteiger partial charge in [-0.25, -0.2) is 0 Å². The van der Waals surface area contributed by atoms with Gasteiger partial charge in [0.05, 0.1) is 0 Å². The van der Waals surface area contributed by atoms with Gasteiger partial charge in [-0.1, -0.05) is 19.3 Å². The molecule has 2 rings (SSSR count). The van der Waals surface area contributed by atoms with Crippen molar-refractivity contribution in [2.75, 3.05) is 13.1 Å². The summed E-state index contributed by atoms with van der Waals surface area (Å²) in [6.45, 7) is 4.58. The maximum atomic E-state index is 5.89. The third-order valence-corrected chi connectivity index (χ3v) is 4.55. The van der Waals surface area contributed by atoms with Gasteiger partial charge in [0.25, 0.3) is 0 Å². The Labute approximate surface area is 94.2 Å². The second-order valence-corrected chi connectivity index (χ2v) is 5.41. The van der Waals surface area contributed by atoms with E-state index in [1.54, 1.807) is 0 Å². The van der Waals surface area contributed by atoms with Crippen LogP contribution in [-0.4, -0.2) is 30.1 Å². The van der Waals surface area contributed by atoms with Crippen molar-refractivity contribution in [2.45, 2.75) is 64.0 Å². The van der Waals surface area contributed by atoms with Gasteiger partial charge in [0.1, 0.15) is 0 Å². The van der Waals surface area contributed by atoms with E-state index in [0.29, 0.717) is 6.04 Å². The molecular formula is C13H26N2. The molecule has 2 aliphatic rings. The minimum absolute atomic E-state index is 0.675. The van der Waals surface area contributed by atoms with Crippen LogP contribution in [0.1, 0.15) is 51.9 Å². The lowest BCUT2D eigenvalue weighted by atomic mass is 9.93. The van der Waals surface area contributed by atoms with E-state index in [9.17, 15) is 0 Å². The van der Waals surface area contributed by atoms with E-state index in [1.807, 2.05) is 0 Å². The summed E-state index contributed by atoms with van der Waals surface area (Å²) in [6.07, 6.45) is 9.91. The average molecular weight is 210 g/mol. The van der Waals surface area contributed by atoms with E-state index in [4.69, 9.17) is 5.73 Å². The van der Waals surface area contributed by atoms with Crippen molar-refractivity contribution < 1.29 is 0 Å². The molecule has 0 amide bonds. The highest BCUT2D eigenvalue weighted by molar-refractivity contribution is 4.86. The third kappa shape index (κ3) is 2.54. The fraction of sp³-hybridized carbons (Fsp3) is 1.00. The molecular weight excluding hydrogens is 184 g/mol. The van der Waals surface area contributed by atoms with Crippen LogP contribution in [0.4, 0.5) is 0 Å². The normalized spacial score (nSPS) is 32.0. The topological polar surface area (TPSA) is 29.3 Å². The Morgan fingerprint density at radius 3 is 2.47 bits per heavy atom. The summed E-state index contributed by atoms with van der Waals surface area (Å²) in [6, 6.07) is 1.45. The third-order valence-electron chi connectivity index (χ3n) is 4.55. The largest absolute Gasteiger partial charge is 0.329 e. The molecule has 1 saturated carbocycles. The van der Waals surface area contributed by atoms with Crippen LogP contribution in [0.15, 0.2) is 0 Å². The average Bonchev–Trinajstić information content (AvgIpc) is 2.81. The maximum absolute atomic E-state index is 5.89. The standard InChI is InChI=1S/C13H26N2/c1-11(12-6-2-3-7-12)15-9-5-4-8-13(15)10-14/h11-13H,2-10,14H2,1H3. The van der Waals surface area contributed by atoms with Crippen LogP contribution in [0.3, 0.4) is 0 Å². The van der Waals surface area contributed by atoms with Gasteiger partial charge in [-0.2, -0.15) is 0 Å². The van der Waals surface area contributed by atoms with Crippen LogP contribution in [0.5, 0.6) is 0 Å². The first kappa shape index (κ1) is 11.4. The number of nitrogens with two attached hydrogens (primary N) is 1. The molecule has 2 heteroatoms. The molecule has 1 saturated heterocycles. The number of rotatable bonds is 3. The van der Waals surface area contributed by atoms with E-state index in [-0.39, 0.29) is 0 Å². The van der Waals surface area contributed by atoms with Crippen LogP contribution in [0, 0.1) is 5.92 Å². The van der Waals surface area contributed by atoms with Crippen LogP contribution < -0.4 is 5.73 Å². The number of likely N-dealkylation sites (tertiary alicyclic amines) is 1. The summed E-state index contributed by atoms with van der Waals surface area (Å²) >= 11 is 0. The lowest BCUT2D eigenvalue weighted by Gasteiger charge is -2.41. The summed E-state index contributed by atoms with van der Waals surface area (Å²) in [4.78, 5) is 2.71. The summed E-state index contributed by atoms with van der Waals surface area (Å²) in [5, 5.41) is 0. The predicted molar refractivity (Wildman–Crippen MR) is 64.8 cm³/mol. The van der Waals surface area contributed by atoms with Crippen molar-refractivity contribution >= 4 is 0 Å². The molecule has 1 aliphatic carbocycles. The highest BCUT2D eigenvalue weighted by Gasteiger charge is 2.31. The Morgan fingerprint density at radius 2 is 1.80 bits per heavy atom. The Hall–Kier alpha value is -0.0800. The summed E-state index contributed by atoms with van der Waals surface area (Å²) in [5.41, 5.74) is 5.89. The molecule has 0 spiro atoms. The Kier molecular flexibility index (Phi) is 4.04. The Morgan fingerprint density at radius 1 is 1.13 bits per heavy atom. The van der Waals surface area contributed by atoms with Gasteiger partial charge in [0.2, 0.25) is 0 Å². The van der Waals surface area contributed by atoms with Crippen molar-refractivity contribution in [3.05, 3.63) is 0 Å². The van der Waals surface area contributed by atoms with Gasteiger partial charge < -0.3 is 5.73 Å². The second-order valence-electron chi connectivity index (χ2n) is 5.41. The van der Waals surface area contributed by atoms with E-state index < -0.39 is 0 Å². The maximum Gasteiger partial charge on any atom is 0.0221 e. The van der Waals surface area contributed by atoms with Gasteiger partial charge in [0.15, 0.2) is 0 Å². The first-order valence-electron chi connectivity index (χ1n) is 6.78. The zero-order chi connectivity index (χ0) is 10.7. The van der Waals surface area contributed by atoms with E-state index in [2.05, 4.69) is 11.8 Å². The van der Waals surface area contributed by atoms with Crippen molar-refractivity contribution in [3.63, 3.8) is 0 Å². The molecule has 2 fully saturated rings. The summed E-state index contributed by atoms with van der Waals surface area (Å²) in [5.74, 6) is 0.956. The molecule has 2 unspecified atom stereocenters. The molecule has 88 valence electrons. The molecule has 2 nitrogen and oxygen atoms in total. The molecule has 1 heterocycles. The molecule has 2 N–H and O–H groups in total. The number of hydrogen-bond acceptors (Lipinski definition) is 2. The van der Waals surface area contributed by atoms with Gasteiger partial charge in [-0.05, 0) is 45.1 Å². The van der Waals surface area contributed by atoms with Gasteiger partial charge in [-0.15, -0.1) is 0 Å². The lowest BCUT2D eigenvalue weighted by Crippen LogP contribution is -2.50. The van der Waals surface area contributed by atoms with Gasteiger partial charge in [0, 0.05) is 18.6 Å². The van der Waals surface area contributed by atoms with Crippen molar-refractivity contribution in [3.8, 4) is 0 Å². The highest BCUT2D eigenvalue weighted by atomic mass is 15.2. The zero-order valence-electron chi connectivity index (χ0n) is 10.1. The molecule has 2 atom stereocenters. The first-order chi connectivity index (χ1) is 7.33. The molecule has 0 aromatic rings. The van der Waals surface area contributed by atoms with Crippen LogP contribution in [0.25, 0.3) is 0 Å². The molecule has 0 radical (unpaired) electrons. The van der Waals surface area contributed by atoms with Gasteiger partial charge in [-0.3, -0.25) is 4.90 Å². The second kappa shape index (κ2) is 5.31. The summed E-state index contributed by atoms with van der Waals surface area (Å²) in [7, 11) is 0. The predicted octanol–water partition coefficient (Wildman–Crippen LogP) is 2.38. The van der Waals surface area contributed by atoms with Crippen LogP contribution >= 0.6 is 0 Å². The van der Waals surface area contributed by atoms with Gasteiger partial charge >= 0.3 is 0 Å². The zero-order valence-corrected chi connectivity index (χ0v) is 10.1.